The Morgan fingerprint density at radius 1 is 1.26 bits per heavy atom. The number of aliphatic hydroxyl groups is 1. The second-order valence-corrected chi connectivity index (χ2v) is 7.31. The fourth-order valence-corrected chi connectivity index (χ4v) is 3.57. The minimum Gasteiger partial charge on any atom is -0.391 e. The van der Waals surface area contributed by atoms with Gasteiger partial charge in [0.05, 0.1) is 22.3 Å². The average Bonchev–Trinajstić information content (AvgIpc) is 2.50. The van der Waals surface area contributed by atoms with Crippen LogP contribution < -0.4 is 5.73 Å². The van der Waals surface area contributed by atoms with Gasteiger partial charge in [-0.2, -0.15) is 5.10 Å². The smallest absolute Gasteiger partial charge is 0.136 e. The number of rotatable bonds is 1. The van der Waals surface area contributed by atoms with Gasteiger partial charge in [0.25, 0.3) is 0 Å². The first kappa shape index (κ1) is 14.9. The van der Waals surface area contributed by atoms with Crippen molar-refractivity contribution in [2.45, 2.75) is 70.4 Å². The predicted octanol–water partition coefficient (Wildman–Crippen LogP) is 3.39. The largest absolute Gasteiger partial charge is 0.391 e. The number of hydrogen-bond acceptors (Lipinski definition) is 3. The van der Waals surface area contributed by atoms with Crippen LogP contribution in [0.25, 0.3) is 0 Å². The lowest BCUT2D eigenvalue weighted by molar-refractivity contribution is 0.0997. The Bertz CT molecular complexity index is 450. The van der Waals surface area contributed by atoms with Crippen LogP contribution in [0.3, 0.4) is 0 Å². The molecule has 1 aromatic rings. The van der Waals surface area contributed by atoms with Crippen LogP contribution in [-0.2, 0) is 5.41 Å². The van der Waals surface area contributed by atoms with Crippen LogP contribution in [0.5, 0.6) is 0 Å². The zero-order valence-corrected chi connectivity index (χ0v) is 13.6. The van der Waals surface area contributed by atoms with Gasteiger partial charge in [-0.05, 0) is 28.8 Å². The van der Waals surface area contributed by atoms with Crippen LogP contribution in [0.1, 0.15) is 64.6 Å². The summed E-state index contributed by atoms with van der Waals surface area (Å²) >= 11 is 3.55. The molecule has 4 nitrogen and oxygen atoms in total. The zero-order chi connectivity index (χ0) is 14.2. The molecule has 0 aromatic carbocycles. The van der Waals surface area contributed by atoms with Gasteiger partial charge >= 0.3 is 0 Å². The van der Waals surface area contributed by atoms with Gasteiger partial charge in [-0.15, -0.1) is 0 Å². The average molecular weight is 330 g/mol. The molecule has 3 N–H and O–H groups in total. The highest BCUT2D eigenvalue weighted by atomic mass is 79.9. The summed E-state index contributed by atoms with van der Waals surface area (Å²) in [4.78, 5) is 0. The molecular formula is C14H24BrN3O. The standard InChI is InChI=1S/C14H24BrN3O/c1-14(2,3)12-11(15)13(16)18(17-12)9-7-5-4-6-8-10(9)19/h9-10,19H,4-8,16H2,1-3H3. The number of aromatic nitrogens is 2. The number of hydrogen-bond donors (Lipinski definition) is 2. The van der Waals surface area contributed by atoms with E-state index in [2.05, 4.69) is 41.8 Å². The Morgan fingerprint density at radius 3 is 2.47 bits per heavy atom. The summed E-state index contributed by atoms with van der Waals surface area (Å²) in [6.07, 6.45) is 4.84. The van der Waals surface area contributed by atoms with E-state index in [1.807, 2.05) is 4.68 Å². The minimum absolute atomic E-state index is 0.00917. The molecule has 1 aromatic heterocycles. The van der Waals surface area contributed by atoms with Crippen molar-refractivity contribution in [2.75, 3.05) is 5.73 Å². The van der Waals surface area contributed by atoms with E-state index in [9.17, 15) is 5.11 Å². The molecule has 5 heteroatoms. The van der Waals surface area contributed by atoms with Gasteiger partial charge in [-0.25, -0.2) is 4.68 Å². The fourth-order valence-electron chi connectivity index (χ4n) is 2.71. The van der Waals surface area contributed by atoms with Gasteiger partial charge in [-0.3, -0.25) is 0 Å². The molecule has 1 aliphatic carbocycles. The topological polar surface area (TPSA) is 64.1 Å². The van der Waals surface area contributed by atoms with Crippen molar-refractivity contribution in [3.8, 4) is 0 Å². The highest BCUT2D eigenvalue weighted by Gasteiger charge is 2.30. The Balaban J connectivity index is 2.39. The fraction of sp³-hybridized carbons (Fsp3) is 0.786. The lowest BCUT2D eigenvalue weighted by Gasteiger charge is -2.22. The summed E-state index contributed by atoms with van der Waals surface area (Å²) in [6.45, 7) is 6.36. The monoisotopic (exact) mass is 329 g/mol. The second-order valence-electron chi connectivity index (χ2n) is 6.52. The van der Waals surface area contributed by atoms with Crippen LogP contribution >= 0.6 is 15.9 Å². The molecule has 0 saturated heterocycles. The quantitative estimate of drug-likeness (QED) is 0.776. The van der Waals surface area contributed by atoms with Gasteiger partial charge in [0.15, 0.2) is 0 Å². The molecule has 2 rings (SSSR count). The highest BCUT2D eigenvalue weighted by molar-refractivity contribution is 9.10. The van der Waals surface area contributed by atoms with Gasteiger partial charge in [-0.1, -0.05) is 40.0 Å². The van der Waals surface area contributed by atoms with Gasteiger partial charge in [0.2, 0.25) is 0 Å². The normalized spacial score (nSPS) is 25.3. The third-order valence-electron chi connectivity index (χ3n) is 3.86. The van der Waals surface area contributed by atoms with E-state index in [1.165, 1.54) is 6.42 Å². The van der Waals surface area contributed by atoms with Gasteiger partial charge in [0, 0.05) is 5.41 Å². The van der Waals surface area contributed by atoms with Crippen LogP contribution in [-0.4, -0.2) is 21.0 Å². The molecule has 0 amide bonds. The summed E-state index contributed by atoms with van der Waals surface area (Å²) in [7, 11) is 0. The summed E-state index contributed by atoms with van der Waals surface area (Å²) in [6, 6.07) is 0.00917. The van der Waals surface area contributed by atoms with E-state index in [-0.39, 0.29) is 17.6 Å². The first-order chi connectivity index (χ1) is 8.82. The van der Waals surface area contributed by atoms with E-state index in [0.29, 0.717) is 5.82 Å². The second kappa shape index (κ2) is 5.44. The van der Waals surface area contributed by atoms with Crippen molar-refractivity contribution >= 4 is 21.7 Å². The van der Waals surface area contributed by atoms with E-state index >= 15 is 0 Å². The molecule has 0 aliphatic heterocycles. The number of nitrogens with zero attached hydrogens (tertiary/aromatic N) is 2. The molecule has 2 atom stereocenters. The number of aliphatic hydroxyl groups excluding tert-OH is 1. The number of halogens is 1. The molecule has 0 spiro atoms. The maximum atomic E-state index is 10.3. The molecule has 1 heterocycles. The third kappa shape index (κ3) is 2.97. The Labute approximate surface area is 123 Å². The van der Waals surface area contributed by atoms with Gasteiger partial charge in [0.1, 0.15) is 5.82 Å². The summed E-state index contributed by atoms with van der Waals surface area (Å²) < 4.78 is 2.71. The Kier molecular flexibility index (Phi) is 4.26. The Morgan fingerprint density at radius 2 is 1.89 bits per heavy atom. The maximum Gasteiger partial charge on any atom is 0.136 e. The minimum atomic E-state index is -0.343. The van der Waals surface area contributed by atoms with Crippen molar-refractivity contribution < 1.29 is 5.11 Å². The SMILES string of the molecule is CC(C)(C)c1nn(C2CCCCCC2O)c(N)c1Br. The number of nitrogen functional groups attached to an aromatic ring is 1. The van der Waals surface area contributed by atoms with Crippen molar-refractivity contribution in [1.82, 2.24) is 9.78 Å². The predicted molar refractivity (Wildman–Crippen MR) is 81.2 cm³/mol. The number of nitrogens with two attached hydrogens (primary N) is 1. The lowest BCUT2D eigenvalue weighted by atomic mass is 9.92. The third-order valence-corrected chi connectivity index (χ3v) is 4.64. The van der Waals surface area contributed by atoms with Crippen molar-refractivity contribution in [3.63, 3.8) is 0 Å². The number of anilines is 1. The van der Waals surface area contributed by atoms with E-state index < -0.39 is 0 Å². The molecule has 0 radical (unpaired) electrons. The molecule has 1 aliphatic rings. The van der Waals surface area contributed by atoms with Crippen LogP contribution in [0.4, 0.5) is 5.82 Å². The molecule has 2 unspecified atom stereocenters. The molecule has 0 bridgehead atoms. The summed E-state index contributed by atoms with van der Waals surface area (Å²) in [5, 5.41) is 15.0. The van der Waals surface area contributed by atoms with Gasteiger partial charge < -0.3 is 10.8 Å². The lowest BCUT2D eigenvalue weighted by Crippen LogP contribution is -2.25. The first-order valence-electron chi connectivity index (χ1n) is 7.04. The summed E-state index contributed by atoms with van der Waals surface area (Å²) in [5.41, 5.74) is 7.08. The zero-order valence-electron chi connectivity index (χ0n) is 12.0. The van der Waals surface area contributed by atoms with Crippen LogP contribution in [0.15, 0.2) is 4.47 Å². The van der Waals surface area contributed by atoms with Crippen LogP contribution in [0, 0.1) is 0 Å². The van der Waals surface area contributed by atoms with E-state index in [1.54, 1.807) is 0 Å². The van der Waals surface area contributed by atoms with Crippen molar-refractivity contribution in [2.24, 2.45) is 0 Å². The molecule has 108 valence electrons. The molecule has 19 heavy (non-hydrogen) atoms. The maximum absolute atomic E-state index is 10.3. The Hall–Kier alpha value is -0.550. The van der Waals surface area contributed by atoms with E-state index in [4.69, 9.17) is 5.73 Å². The summed E-state index contributed by atoms with van der Waals surface area (Å²) in [5.74, 6) is 0.635. The molecule has 1 fully saturated rings. The van der Waals surface area contributed by atoms with Crippen molar-refractivity contribution in [1.29, 1.82) is 0 Å². The van der Waals surface area contributed by atoms with Crippen LogP contribution in [0.2, 0.25) is 0 Å². The molecule has 1 saturated carbocycles. The van der Waals surface area contributed by atoms with Crippen molar-refractivity contribution in [3.05, 3.63) is 10.2 Å². The van der Waals surface area contributed by atoms with E-state index in [0.717, 1.165) is 35.8 Å². The first-order valence-corrected chi connectivity index (χ1v) is 7.83. The molecular weight excluding hydrogens is 306 g/mol. The highest BCUT2D eigenvalue weighted by Crippen LogP contribution is 2.37.